The first-order valence-corrected chi connectivity index (χ1v) is 5.14. The Labute approximate surface area is 93.9 Å². The van der Waals surface area contributed by atoms with E-state index in [1.807, 2.05) is 33.0 Å². The van der Waals surface area contributed by atoms with E-state index in [1.54, 1.807) is 6.20 Å². The molecule has 5 nitrogen and oxygen atoms in total. The summed E-state index contributed by atoms with van der Waals surface area (Å²) in [5, 5.41) is 11.0. The van der Waals surface area contributed by atoms with Crippen LogP contribution < -0.4 is 5.32 Å². The molecule has 0 radical (unpaired) electrons. The van der Waals surface area contributed by atoms with Crippen molar-refractivity contribution < 1.29 is 4.42 Å². The molecule has 0 aromatic carbocycles. The van der Waals surface area contributed by atoms with E-state index in [0.717, 1.165) is 11.3 Å². The van der Waals surface area contributed by atoms with Crippen LogP contribution in [-0.2, 0) is 0 Å². The summed E-state index contributed by atoms with van der Waals surface area (Å²) < 4.78 is 5.54. The number of aromatic nitrogens is 3. The first kappa shape index (κ1) is 10.8. The Bertz CT molecular complexity index is 463. The normalized spacial score (nSPS) is 12.7. The third kappa shape index (κ3) is 2.09. The van der Waals surface area contributed by atoms with Gasteiger partial charge in [0.25, 0.3) is 0 Å². The lowest BCUT2D eigenvalue weighted by molar-refractivity contribution is 0.441. The average Bonchev–Trinajstić information content (AvgIpc) is 2.78. The quantitative estimate of drug-likeness (QED) is 0.849. The van der Waals surface area contributed by atoms with Crippen molar-refractivity contribution in [3.05, 3.63) is 29.9 Å². The van der Waals surface area contributed by atoms with Crippen LogP contribution in [0.4, 0.5) is 0 Å². The minimum Gasteiger partial charge on any atom is -0.419 e. The molecule has 2 heterocycles. The van der Waals surface area contributed by atoms with Gasteiger partial charge < -0.3 is 9.73 Å². The monoisotopic (exact) mass is 218 g/mol. The fourth-order valence-electron chi connectivity index (χ4n) is 1.24. The maximum absolute atomic E-state index is 5.54. The summed E-state index contributed by atoms with van der Waals surface area (Å²) in [6.07, 6.45) is 1.73. The zero-order valence-electron chi connectivity index (χ0n) is 9.56. The maximum Gasteiger partial charge on any atom is 0.249 e. The van der Waals surface area contributed by atoms with Crippen LogP contribution in [0.3, 0.4) is 0 Å². The van der Waals surface area contributed by atoms with Crippen LogP contribution in [-0.4, -0.2) is 22.2 Å². The molecule has 84 valence electrons. The van der Waals surface area contributed by atoms with Crippen LogP contribution in [0.2, 0.25) is 0 Å². The van der Waals surface area contributed by atoms with E-state index in [0.29, 0.717) is 11.8 Å². The van der Waals surface area contributed by atoms with E-state index in [1.165, 1.54) is 0 Å². The molecule has 16 heavy (non-hydrogen) atoms. The van der Waals surface area contributed by atoms with Crippen LogP contribution >= 0.6 is 0 Å². The highest BCUT2D eigenvalue weighted by Gasteiger charge is 2.13. The fraction of sp³-hybridized carbons (Fsp3) is 0.364. The lowest BCUT2D eigenvalue weighted by Gasteiger charge is -2.02. The Balaban J connectivity index is 2.28. The van der Waals surface area contributed by atoms with Crippen molar-refractivity contribution in [3.8, 4) is 11.5 Å². The van der Waals surface area contributed by atoms with E-state index in [9.17, 15) is 0 Å². The Morgan fingerprint density at radius 2 is 2.12 bits per heavy atom. The summed E-state index contributed by atoms with van der Waals surface area (Å²) in [4.78, 5) is 4.19. The predicted molar refractivity (Wildman–Crippen MR) is 59.7 cm³/mol. The number of hydrogen-bond acceptors (Lipinski definition) is 5. The molecule has 0 aliphatic heterocycles. The van der Waals surface area contributed by atoms with E-state index < -0.39 is 0 Å². The summed E-state index contributed by atoms with van der Waals surface area (Å²) in [6.45, 7) is 3.90. The molecule has 5 heteroatoms. The summed E-state index contributed by atoms with van der Waals surface area (Å²) in [5.74, 6) is 1.09. The van der Waals surface area contributed by atoms with Crippen molar-refractivity contribution in [2.75, 3.05) is 7.05 Å². The molecule has 2 rings (SSSR count). The number of nitrogens with one attached hydrogen (secondary N) is 1. The molecule has 2 aromatic rings. The SMILES string of the molecule is CNC(C)c1nnc(-c2ccc(C)nc2)o1. The fourth-order valence-corrected chi connectivity index (χ4v) is 1.24. The van der Waals surface area contributed by atoms with Gasteiger partial charge in [-0.2, -0.15) is 0 Å². The van der Waals surface area contributed by atoms with E-state index in [4.69, 9.17) is 4.42 Å². The Hall–Kier alpha value is -1.75. The van der Waals surface area contributed by atoms with Crippen molar-refractivity contribution in [3.63, 3.8) is 0 Å². The number of aryl methyl sites for hydroxylation is 1. The summed E-state index contributed by atoms with van der Waals surface area (Å²) >= 11 is 0. The molecule has 0 amide bonds. The minimum atomic E-state index is 0.0552. The molecule has 0 saturated carbocycles. The summed E-state index contributed by atoms with van der Waals surface area (Å²) in [6, 6.07) is 3.89. The molecule has 1 atom stereocenters. The second-order valence-corrected chi connectivity index (χ2v) is 3.64. The van der Waals surface area contributed by atoms with E-state index in [-0.39, 0.29) is 6.04 Å². The van der Waals surface area contributed by atoms with Gasteiger partial charge in [-0.25, -0.2) is 0 Å². The highest BCUT2D eigenvalue weighted by molar-refractivity contribution is 5.50. The van der Waals surface area contributed by atoms with Gasteiger partial charge in [-0.15, -0.1) is 10.2 Å². The number of pyridine rings is 1. The Morgan fingerprint density at radius 3 is 2.75 bits per heavy atom. The standard InChI is InChI=1S/C11H14N4O/c1-7-4-5-9(6-13-7)11-15-14-10(16-11)8(2)12-3/h4-6,8,12H,1-3H3. The molecule has 0 aliphatic carbocycles. The lowest BCUT2D eigenvalue weighted by atomic mass is 10.2. The molecule has 0 saturated heterocycles. The molecular weight excluding hydrogens is 204 g/mol. The maximum atomic E-state index is 5.54. The van der Waals surface area contributed by atoms with Gasteiger partial charge in [0.2, 0.25) is 11.8 Å². The molecule has 1 unspecified atom stereocenters. The highest BCUT2D eigenvalue weighted by atomic mass is 16.4. The van der Waals surface area contributed by atoms with Crippen molar-refractivity contribution in [1.29, 1.82) is 0 Å². The molecule has 0 spiro atoms. The van der Waals surface area contributed by atoms with Crippen molar-refractivity contribution in [2.24, 2.45) is 0 Å². The molecule has 0 bridgehead atoms. The predicted octanol–water partition coefficient (Wildman–Crippen LogP) is 1.72. The van der Waals surface area contributed by atoms with Gasteiger partial charge in [0, 0.05) is 11.9 Å². The molecule has 0 fully saturated rings. The minimum absolute atomic E-state index is 0.0552. The van der Waals surface area contributed by atoms with Crippen molar-refractivity contribution in [2.45, 2.75) is 19.9 Å². The van der Waals surface area contributed by atoms with Gasteiger partial charge in [0.1, 0.15) is 0 Å². The molecule has 0 aliphatic rings. The molecular formula is C11H14N4O. The van der Waals surface area contributed by atoms with Crippen LogP contribution in [0.5, 0.6) is 0 Å². The number of hydrogen-bond donors (Lipinski definition) is 1. The van der Waals surface area contributed by atoms with Gasteiger partial charge >= 0.3 is 0 Å². The zero-order chi connectivity index (χ0) is 11.5. The second-order valence-electron chi connectivity index (χ2n) is 3.64. The summed E-state index contributed by atoms with van der Waals surface area (Å²) in [7, 11) is 1.85. The first-order valence-electron chi connectivity index (χ1n) is 5.14. The average molecular weight is 218 g/mol. The lowest BCUT2D eigenvalue weighted by Crippen LogP contribution is -2.12. The third-order valence-electron chi connectivity index (χ3n) is 2.40. The van der Waals surface area contributed by atoms with Crippen molar-refractivity contribution in [1.82, 2.24) is 20.5 Å². The van der Waals surface area contributed by atoms with Gasteiger partial charge in [-0.1, -0.05) is 0 Å². The van der Waals surface area contributed by atoms with E-state index in [2.05, 4.69) is 20.5 Å². The van der Waals surface area contributed by atoms with Crippen LogP contribution in [0.15, 0.2) is 22.7 Å². The van der Waals surface area contributed by atoms with Crippen molar-refractivity contribution >= 4 is 0 Å². The van der Waals surface area contributed by atoms with Crippen LogP contribution in [0.1, 0.15) is 24.6 Å². The topological polar surface area (TPSA) is 63.8 Å². The van der Waals surface area contributed by atoms with Crippen LogP contribution in [0.25, 0.3) is 11.5 Å². The number of nitrogens with zero attached hydrogens (tertiary/aromatic N) is 3. The molecule has 1 N–H and O–H groups in total. The van der Waals surface area contributed by atoms with E-state index >= 15 is 0 Å². The van der Waals surface area contributed by atoms with Crippen LogP contribution in [0, 0.1) is 6.92 Å². The summed E-state index contributed by atoms with van der Waals surface area (Å²) in [5.41, 5.74) is 1.81. The Kier molecular flexibility index (Phi) is 2.96. The third-order valence-corrected chi connectivity index (χ3v) is 2.40. The van der Waals surface area contributed by atoms with Gasteiger partial charge in [0.05, 0.1) is 11.6 Å². The Morgan fingerprint density at radius 1 is 1.31 bits per heavy atom. The van der Waals surface area contributed by atoms with Gasteiger partial charge in [0.15, 0.2) is 0 Å². The number of rotatable bonds is 3. The largest absolute Gasteiger partial charge is 0.419 e. The van der Waals surface area contributed by atoms with Gasteiger partial charge in [-0.3, -0.25) is 4.98 Å². The van der Waals surface area contributed by atoms with Gasteiger partial charge in [-0.05, 0) is 33.0 Å². The first-order chi connectivity index (χ1) is 7.70. The second kappa shape index (κ2) is 4.40. The molecule has 2 aromatic heterocycles. The highest BCUT2D eigenvalue weighted by Crippen LogP contribution is 2.19. The zero-order valence-corrected chi connectivity index (χ0v) is 9.56. The smallest absolute Gasteiger partial charge is 0.249 e.